The first-order valence-electron chi connectivity index (χ1n) is 8.60. The number of anilines is 1. The third kappa shape index (κ3) is 3.17. The highest BCUT2D eigenvalue weighted by Crippen LogP contribution is 2.35. The van der Waals surface area contributed by atoms with Gasteiger partial charge in [-0.25, -0.2) is 4.99 Å². The van der Waals surface area contributed by atoms with Crippen molar-refractivity contribution in [2.24, 2.45) is 15.2 Å². The maximum atomic E-state index is 5.47. The van der Waals surface area contributed by atoms with Crippen LogP contribution in [-0.2, 0) is 10.5 Å². The first-order chi connectivity index (χ1) is 12.3. The first-order valence-corrected chi connectivity index (χ1v) is 8.60. The summed E-state index contributed by atoms with van der Waals surface area (Å²) < 4.78 is 5.47. The van der Waals surface area contributed by atoms with Crippen molar-refractivity contribution in [3.05, 3.63) is 59.4 Å². The minimum absolute atomic E-state index is 0.490. The van der Waals surface area contributed by atoms with Crippen LogP contribution in [0.5, 0.6) is 0 Å². The molecule has 4 rings (SSSR count). The molecule has 1 unspecified atom stereocenters. The molecule has 1 atom stereocenters. The van der Waals surface area contributed by atoms with Crippen LogP contribution in [0, 0.1) is 6.92 Å². The molecule has 2 aliphatic heterocycles. The van der Waals surface area contributed by atoms with Gasteiger partial charge in [-0.1, -0.05) is 30.3 Å². The van der Waals surface area contributed by atoms with Crippen molar-refractivity contribution in [3.63, 3.8) is 0 Å². The van der Waals surface area contributed by atoms with E-state index < -0.39 is 5.79 Å². The van der Waals surface area contributed by atoms with Crippen LogP contribution in [0.1, 0.15) is 35.6 Å². The number of ether oxygens (including phenoxy) is 1. The molecule has 1 aromatic heterocycles. The Morgan fingerprint density at radius 3 is 2.68 bits per heavy atom. The summed E-state index contributed by atoms with van der Waals surface area (Å²) >= 11 is 0. The minimum atomic E-state index is -0.915. The third-order valence-corrected chi connectivity index (χ3v) is 4.78. The number of azo groups is 1. The van der Waals surface area contributed by atoms with Crippen molar-refractivity contribution in [2.75, 3.05) is 18.5 Å². The van der Waals surface area contributed by atoms with Gasteiger partial charge >= 0.3 is 0 Å². The standard InChI is InChI=1S/C19H21N5O/c1-14-18(11-16(12-20-14)15-7-9-25-10-8-15)23-19(21-13-22-24-19)17-5-3-2-4-6-17/h2-6,11-13,15,23H,7-10H2,1H3. The lowest BCUT2D eigenvalue weighted by atomic mass is 9.92. The average Bonchev–Trinajstić information content (AvgIpc) is 3.15. The summed E-state index contributed by atoms with van der Waals surface area (Å²) in [5.41, 5.74) is 4.04. The second-order valence-corrected chi connectivity index (χ2v) is 6.41. The third-order valence-electron chi connectivity index (χ3n) is 4.78. The molecule has 1 saturated heterocycles. The number of hydrogen-bond donors (Lipinski definition) is 1. The molecule has 25 heavy (non-hydrogen) atoms. The zero-order chi connectivity index (χ0) is 17.1. The van der Waals surface area contributed by atoms with E-state index in [4.69, 9.17) is 4.74 Å². The Bertz CT molecular complexity index is 785. The van der Waals surface area contributed by atoms with E-state index >= 15 is 0 Å². The number of aromatic nitrogens is 1. The number of rotatable bonds is 4. The predicted molar refractivity (Wildman–Crippen MR) is 96.9 cm³/mol. The first kappa shape index (κ1) is 15.9. The Morgan fingerprint density at radius 1 is 1.16 bits per heavy atom. The number of nitrogens with one attached hydrogen (secondary N) is 1. The monoisotopic (exact) mass is 335 g/mol. The summed E-state index contributed by atoms with van der Waals surface area (Å²) in [5.74, 6) is -0.425. The molecular weight excluding hydrogens is 314 g/mol. The normalized spacial score (nSPS) is 23.1. The minimum Gasteiger partial charge on any atom is -0.381 e. The van der Waals surface area contributed by atoms with E-state index in [0.717, 1.165) is 43.0 Å². The molecule has 0 radical (unpaired) electrons. The van der Waals surface area contributed by atoms with Crippen molar-refractivity contribution < 1.29 is 4.74 Å². The van der Waals surface area contributed by atoms with E-state index in [1.54, 1.807) is 0 Å². The summed E-state index contributed by atoms with van der Waals surface area (Å²) in [6.07, 6.45) is 5.54. The number of aliphatic imine (C=N–C) groups is 1. The average molecular weight is 335 g/mol. The highest BCUT2D eigenvalue weighted by atomic mass is 16.5. The fourth-order valence-electron chi connectivity index (χ4n) is 3.29. The molecule has 128 valence electrons. The number of hydrogen-bond acceptors (Lipinski definition) is 6. The molecule has 6 heteroatoms. The van der Waals surface area contributed by atoms with Crippen LogP contribution >= 0.6 is 0 Å². The molecule has 0 aliphatic carbocycles. The summed E-state index contributed by atoms with van der Waals surface area (Å²) in [7, 11) is 0. The van der Waals surface area contributed by atoms with E-state index in [1.165, 1.54) is 11.9 Å². The number of aryl methyl sites for hydroxylation is 1. The van der Waals surface area contributed by atoms with Crippen LogP contribution in [0.15, 0.2) is 57.8 Å². The lowest BCUT2D eigenvalue weighted by Crippen LogP contribution is -2.30. The molecule has 1 fully saturated rings. The molecule has 2 aromatic rings. The van der Waals surface area contributed by atoms with E-state index in [-0.39, 0.29) is 0 Å². The lowest BCUT2D eigenvalue weighted by molar-refractivity contribution is 0.0853. The van der Waals surface area contributed by atoms with Crippen LogP contribution in [0.3, 0.4) is 0 Å². The van der Waals surface area contributed by atoms with Gasteiger partial charge in [-0.3, -0.25) is 4.98 Å². The van der Waals surface area contributed by atoms with Crippen LogP contribution in [0.4, 0.5) is 5.69 Å². The molecule has 0 bridgehead atoms. The van der Waals surface area contributed by atoms with E-state index in [0.29, 0.717) is 5.92 Å². The molecule has 1 N–H and O–H groups in total. The highest BCUT2D eigenvalue weighted by molar-refractivity contribution is 5.61. The van der Waals surface area contributed by atoms with Gasteiger partial charge < -0.3 is 10.1 Å². The molecule has 6 nitrogen and oxygen atoms in total. The number of pyridine rings is 1. The molecule has 3 heterocycles. The SMILES string of the molecule is Cc1ncc(C2CCOCC2)cc1NC1(c2ccccc2)N=CN=N1. The fourth-order valence-corrected chi connectivity index (χ4v) is 3.29. The topological polar surface area (TPSA) is 71.2 Å². The maximum absolute atomic E-state index is 5.47. The van der Waals surface area contributed by atoms with E-state index in [9.17, 15) is 0 Å². The summed E-state index contributed by atoms with van der Waals surface area (Å²) in [6, 6.07) is 12.1. The van der Waals surface area contributed by atoms with Gasteiger partial charge in [0.2, 0.25) is 0 Å². The van der Waals surface area contributed by atoms with Crippen molar-refractivity contribution >= 4 is 12.0 Å². The molecular formula is C19H21N5O. The smallest absolute Gasteiger partial charge is 0.273 e. The molecule has 0 amide bonds. The Balaban J connectivity index is 1.67. The Kier molecular flexibility index (Phi) is 4.28. The highest BCUT2D eigenvalue weighted by Gasteiger charge is 2.34. The summed E-state index contributed by atoms with van der Waals surface area (Å²) in [5, 5.41) is 11.8. The molecule has 0 saturated carbocycles. The van der Waals surface area contributed by atoms with Crippen molar-refractivity contribution in [2.45, 2.75) is 31.5 Å². The van der Waals surface area contributed by atoms with Gasteiger partial charge in [-0.15, -0.1) is 10.2 Å². The predicted octanol–water partition coefficient (Wildman–Crippen LogP) is 4.00. The van der Waals surface area contributed by atoms with Crippen LogP contribution in [0.25, 0.3) is 0 Å². The van der Waals surface area contributed by atoms with Gasteiger partial charge in [0.15, 0.2) is 0 Å². The van der Waals surface area contributed by atoms with Crippen molar-refractivity contribution in [3.8, 4) is 0 Å². The zero-order valence-electron chi connectivity index (χ0n) is 14.2. The molecule has 2 aliphatic rings. The van der Waals surface area contributed by atoms with E-state index in [2.05, 4.69) is 31.6 Å². The molecule has 0 spiro atoms. The number of benzene rings is 1. The zero-order valence-corrected chi connectivity index (χ0v) is 14.2. The van der Waals surface area contributed by atoms with Gasteiger partial charge in [-0.2, -0.15) is 0 Å². The fraction of sp³-hybridized carbons (Fsp3) is 0.368. The Labute approximate surface area is 147 Å². The number of nitrogens with zero attached hydrogens (tertiary/aromatic N) is 4. The van der Waals surface area contributed by atoms with Crippen LogP contribution in [-0.4, -0.2) is 24.5 Å². The van der Waals surface area contributed by atoms with Crippen LogP contribution < -0.4 is 5.32 Å². The molecule has 1 aromatic carbocycles. The van der Waals surface area contributed by atoms with Gasteiger partial charge in [0.1, 0.15) is 6.34 Å². The van der Waals surface area contributed by atoms with Gasteiger partial charge in [0, 0.05) is 25.0 Å². The van der Waals surface area contributed by atoms with Gasteiger partial charge in [0.05, 0.1) is 11.4 Å². The maximum Gasteiger partial charge on any atom is 0.273 e. The largest absolute Gasteiger partial charge is 0.381 e. The summed E-state index contributed by atoms with van der Waals surface area (Å²) in [4.78, 5) is 9.09. The quantitative estimate of drug-likeness (QED) is 0.918. The van der Waals surface area contributed by atoms with Crippen molar-refractivity contribution in [1.82, 2.24) is 4.98 Å². The van der Waals surface area contributed by atoms with Gasteiger partial charge in [0.25, 0.3) is 5.79 Å². The Hall–Kier alpha value is -2.60. The second kappa shape index (κ2) is 6.72. The van der Waals surface area contributed by atoms with Gasteiger partial charge in [-0.05, 0) is 37.3 Å². The lowest BCUT2D eigenvalue weighted by Gasteiger charge is -2.27. The Morgan fingerprint density at radius 2 is 1.96 bits per heavy atom. The van der Waals surface area contributed by atoms with Crippen LogP contribution in [0.2, 0.25) is 0 Å². The second-order valence-electron chi connectivity index (χ2n) is 6.41. The van der Waals surface area contributed by atoms with Crippen molar-refractivity contribution in [1.29, 1.82) is 0 Å². The summed E-state index contributed by atoms with van der Waals surface area (Å²) in [6.45, 7) is 3.62. The van der Waals surface area contributed by atoms with E-state index in [1.807, 2.05) is 43.5 Å².